The highest BCUT2D eigenvalue weighted by Gasteiger charge is 2.26. The van der Waals surface area contributed by atoms with Crippen LogP contribution in [0.5, 0.6) is 0 Å². The van der Waals surface area contributed by atoms with E-state index in [-0.39, 0.29) is 5.91 Å². The van der Waals surface area contributed by atoms with Gasteiger partial charge >= 0.3 is 0 Å². The third kappa shape index (κ3) is 4.35. The van der Waals surface area contributed by atoms with Crippen LogP contribution in [0.15, 0.2) is 24.3 Å². The number of aryl methyl sites for hydroxylation is 1. The molecule has 1 aliphatic heterocycles. The van der Waals surface area contributed by atoms with E-state index in [4.69, 9.17) is 0 Å². The van der Waals surface area contributed by atoms with Crippen molar-refractivity contribution < 1.29 is 9.69 Å². The number of nitrogens with one attached hydrogen (secondary N) is 2. The highest BCUT2D eigenvalue weighted by atomic mass is 16.2. The van der Waals surface area contributed by atoms with Crippen LogP contribution in [0.25, 0.3) is 0 Å². The Balaban J connectivity index is 1.85. The van der Waals surface area contributed by atoms with E-state index >= 15 is 0 Å². The van der Waals surface area contributed by atoms with Crippen molar-refractivity contribution in [1.29, 1.82) is 0 Å². The van der Waals surface area contributed by atoms with Crippen molar-refractivity contribution in [3.63, 3.8) is 0 Å². The minimum absolute atomic E-state index is 0.125. The van der Waals surface area contributed by atoms with E-state index in [9.17, 15) is 4.79 Å². The fourth-order valence-electron chi connectivity index (χ4n) is 3.14. The Morgan fingerprint density at radius 1 is 1.21 bits per heavy atom. The molecule has 0 saturated carbocycles. The molecule has 1 heterocycles. The number of quaternary nitrogens is 1. The van der Waals surface area contributed by atoms with Gasteiger partial charge in [-0.3, -0.25) is 4.79 Å². The molecule has 1 aliphatic rings. The molecule has 2 N–H and O–H groups in total. The minimum atomic E-state index is 0.125. The lowest BCUT2D eigenvalue weighted by Crippen LogP contribution is -3.15. The molecule has 1 fully saturated rings. The predicted octanol–water partition coefficient (Wildman–Crippen LogP) is 1.49. The summed E-state index contributed by atoms with van der Waals surface area (Å²) in [5.41, 5.74) is 2.11. The quantitative estimate of drug-likeness (QED) is 0.849. The van der Waals surface area contributed by atoms with Crippen molar-refractivity contribution in [3.05, 3.63) is 29.8 Å². The van der Waals surface area contributed by atoms with E-state index in [2.05, 4.69) is 19.2 Å². The maximum Gasteiger partial charge on any atom is 0.279 e. The molecule has 1 amide bonds. The molecule has 3 nitrogen and oxygen atoms in total. The molecule has 0 unspecified atom stereocenters. The van der Waals surface area contributed by atoms with Gasteiger partial charge in [-0.15, -0.1) is 0 Å². The summed E-state index contributed by atoms with van der Waals surface area (Å²) in [7, 11) is 0. The number of rotatable bonds is 3. The highest BCUT2D eigenvalue weighted by Crippen LogP contribution is 2.12. The summed E-state index contributed by atoms with van der Waals surface area (Å²) in [6, 6.07) is 7.97. The number of carbonyl (C=O) groups excluding carboxylic acids is 1. The number of anilines is 1. The Morgan fingerprint density at radius 3 is 2.37 bits per heavy atom. The average Bonchev–Trinajstić information content (AvgIpc) is 2.30. The number of carbonyl (C=O) groups is 1. The number of benzene rings is 1. The first-order valence-electron chi connectivity index (χ1n) is 7.23. The lowest BCUT2D eigenvalue weighted by atomic mass is 9.92. The van der Waals surface area contributed by atoms with Crippen molar-refractivity contribution in [1.82, 2.24) is 0 Å². The van der Waals surface area contributed by atoms with Gasteiger partial charge in [0.15, 0.2) is 6.54 Å². The molecule has 0 aliphatic carbocycles. The van der Waals surface area contributed by atoms with Crippen LogP contribution in [0.2, 0.25) is 0 Å². The summed E-state index contributed by atoms with van der Waals surface area (Å²) in [6.07, 6.45) is 1.29. The van der Waals surface area contributed by atoms with Gasteiger partial charge in [0.2, 0.25) is 0 Å². The summed E-state index contributed by atoms with van der Waals surface area (Å²) in [5.74, 6) is 1.58. The molecule has 19 heavy (non-hydrogen) atoms. The zero-order valence-electron chi connectivity index (χ0n) is 12.2. The van der Waals surface area contributed by atoms with E-state index in [0.717, 1.165) is 30.6 Å². The zero-order chi connectivity index (χ0) is 13.8. The molecule has 2 rings (SSSR count). The van der Waals surface area contributed by atoms with E-state index in [0.29, 0.717) is 6.54 Å². The van der Waals surface area contributed by atoms with Gasteiger partial charge in [-0.2, -0.15) is 0 Å². The van der Waals surface area contributed by atoms with Crippen LogP contribution in [0.3, 0.4) is 0 Å². The number of hydrogen-bond donors (Lipinski definition) is 2. The SMILES string of the molecule is Cc1ccc(NC(=O)C[NH+]2C[C@H](C)C[C@@H](C)C2)cc1. The summed E-state index contributed by atoms with van der Waals surface area (Å²) < 4.78 is 0. The van der Waals surface area contributed by atoms with Crippen LogP contribution in [-0.4, -0.2) is 25.5 Å². The molecule has 0 radical (unpaired) electrons. The second kappa shape index (κ2) is 6.20. The van der Waals surface area contributed by atoms with Gasteiger partial charge < -0.3 is 10.2 Å². The predicted molar refractivity (Wildman–Crippen MR) is 78.3 cm³/mol. The summed E-state index contributed by atoms with van der Waals surface area (Å²) in [4.78, 5) is 13.5. The van der Waals surface area contributed by atoms with Gasteiger partial charge in [0, 0.05) is 17.5 Å². The third-order valence-electron chi connectivity index (χ3n) is 3.82. The van der Waals surface area contributed by atoms with E-state index in [1.807, 2.05) is 31.2 Å². The number of hydrogen-bond acceptors (Lipinski definition) is 1. The van der Waals surface area contributed by atoms with E-state index in [1.54, 1.807) is 0 Å². The Morgan fingerprint density at radius 2 is 1.79 bits per heavy atom. The van der Waals surface area contributed by atoms with Gasteiger partial charge in [0.1, 0.15) is 0 Å². The van der Waals surface area contributed by atoms with Crippen LogP contribution in [0.4, 0.5) is 5.69 Å². The first-order valence-corrected chi connectivity index (χ1v) is 7.23. The average molecular weight is 261 g/mol. The smallest absolute Gasteiger partial charge is 0.279 e. The number of likely N-dealkylation sites (tertiary alicyclic amines) is 1. The molecular weight excluding hydrogens is 236 g/mol. The van der Waals surface area contributed by atoms with Crippen LogP contribution in [0.1, 0.15) is 25.8 Å². The first kappa shape index (κ1) is 14.1. The van der Waals surface area contributed by atoms with Crippen LogP contribution < -0.4 is 10.2 Å². The molecule has 104 valence electrons. The van der Waals surface area contributed by atoms with Crippen molar-refractivity contribution in [3.8, 4) is 0 Å². The molecular formula is C16H25N2O+. The Hall–Kier alpha value is -1.35. The lowest BCUT2D eigenvalue weighted by Gasteiger charge is -2.31. The van der Waals surface area contributed by atoms with Gasteiger partial charge in [-0.05, 0) is 25.5 Å². The van der Waals surface area contributed by atoms with Crippen molar-refractivity contribution in [2.45, 2.75) is 27.2 Å². The normalized spacial score (nSPS) is 27.0. The Labute approximate surface area is 116 Å². The van der Waals surface area contributed by atoms with Gasteiger partial charge in [0.25, 0.3) is 5.91 Å². The van der Waals surface area contributed by atoms with Crippen LogP contribution >= 0.6 is 0 Å². The number of piperidine rings is 1. The topological polar surface area (TPSA) is 33.5 Å². The van der Waals surface area contributed by atoms with E-state index in [1.165, 1.54) is 16.9 Å². The maximum atomic E-state index is 12.0. The molecule has 3 heteroatoms. The van der Waals surface area contributed by atoms with Crippen molar-refractivity contribution in [2.24, 2.45) is 11.8 Å². The number of amides is 1. The van der Waals surface area contributed by atoms with Crippen LogP contribution in [-0.2, 0) is 4.79 Å². The maximum absolute atomic E-state index is 12.0. The van der Waals surface area contributed by atoms with Crippen molar-refractivity contribution >= 4 is 11.6 Å². The molecule has 1 saturated heterocycles. The first-order chi connectivity index (χ1) is 9.02. The Bertz CT molecular complexity index is 417. The van der Waals surface area contributed by atoms with Gasteiger partial charge in [-0.25, -0.2) is 0 Å². The minimum Gasteiger partial charge on any atom is -0.327 e. The van der Waals surface area contributed by atoms with Crippen LogP contribution in [0, 0.1) is 18.8 Å². The van der Waals surface area contributed by atoms with E-state index < -0.39 is 0 Å². The molecule has 0 aromatic heterocycles. The largest absolute Gasteiger partial charge is 0.327 e. The highest BCUT2D eigenvalue weighted by molar-refractivity contribution is 5.91. The standard InChI is InChI=1S/C16H24N2O/c1-12-4-6-15(7-5-12)17-16(19)11-18-9-13(2)8-14(3)10-18/h4-7,13-14H,8-11H2,1-3H3,(H,17,19)/p+1/t13-,14-/m1/s1. The summed E-state index contributed by atoms with van der Waals surface area (Å²) in [6.45, 7) is 9.44. The summed E-state index contributed by atoms with van der Waals surface area (Å²) in [5, 5.41) is 2.99. The third-order valence-corrected chi connectivity index (χ3v) is 3.82. The van der Waals surface area contributed by atoms with Gasteiger partial charge in [-0.1, -0.05) is 31.5 Å². The molecule has 2 atom stereocenters. The lowest BCUT2D eigenvalue weighted by molar-refractivity contribution is -0.904. The van der Waals surface area contributed by atoms with Crippen molar-refractivity contribution in [2.75, 3.05) is 25.0 Å². The Kier molecular flexibility index (Phi) is 4.59. The van der Waals surface area contributed by atoms with Gasteiger partial charge in [0.05, 0.1) is 13.1 Å². The molecule has 1 aromatic carbocycles. The zero-order valence-corrected chi connectivity index (χ0v) is 12.2. The fourth-order valence-corrected chi connectivity index (χ4v) is 3.14. The molecule has 0 spiro atoms. The summed E-state index contributed by atoms with van der Waals surface area (Å²) >= 11 is 0. The molecule has 1 aromatic rings. The molecule has 0 bridgehead atoms. The monoisotopic (exact) mass is 261 g/mol. The fraction of sp³-hybridized carbons (Fsp3) is 0.562. The second-order valence-corrected chi connectivity index (χ2v) is 6.20. The second-order valence-electron chi connectivity index (χ2n) is 6.20.